The van der Waals surface area contributed by atoms with Gasteiger partial charge in [0.1, 0.15) is 11.2 Å². The SMILES string of the molecule is c1ccc(-c2cc3c(c4ccccc24)c2c4ccccc4c(-c4ccccc4)cc2n3-c2nc(-c3ccc4c(ccc5oc6ccccc6c54)c3)c3ccccc3n2)cc1. The van der Waals surface area contributed by atoms with Crippen molar-refractivity contribution in [3.05, 3.63) is 200 Å². The maximum absolute atomic E-state index is 6.26. The molecule has 0 N–H and O–H groups in total. The van der Waals surface area contributed by atoms with Crippen molar-refractivity contribution in [2.75, 3.05) is 0 Å². The summed E-state index contributed by atoms with van der Waals surface area (Å²) in [5.41, 5.74) is 11.4. The lowest BCUT2D eigenvalue weighted by molar-refractivity contribution is 0.669. The minimum atomic E-state index is 0.628. The van der Waals surface area contributed by atoms with E-state index in [4.69, 9.17) is 14.4 Å². The number of hydrogen-bond acceptors (Lipinski definition) is 3. The van der Waals surface area contributed by atoms with Crippen LogP contribution in [0, 0.1) is 0 Å². The highest BCUT2D eigenvalue weighted by Crippen LogP contribution is 2.46. The molecule has 278 valence electrons. The fourth-order valence-electron chi connectivity index (χ4n) is 9.74. The van der Waals surface area contributed by atoms with E-state index < -0.39 is 0 Å². The van der Waals surface area contributed by atoms with Crippen molar-refractivity contribution in [1.82, 2.24) is 14.5 Å². The van der Waals surface area contributed by atoms with Crippen LogP contribution in [0.1, 0.15) is 0 Å². The predicted octanol–water partition coefficient (Wildman–Crippen LogP) is 15.1. The van der Waals surface area contributed by atoms with Crippen LogP contribution in [0.5, 0.6) is 0 Å². The Hall–Kier alpha value is -8.08. The zero-order valence-electron chi connectivity index (χ0n) is 32.3. The summed E-state index contributed by atoms with van der Waals surface area (Å²) in [7, 11) is 0. The van der Waals surface area contributed by atoms with Gasteiger partial charge in [0, 0.05) is 32.5 Å². The Morgan fingerprint density at radius 1 is 0.350 bits per heavy atom. The summed E-state index contributed by atoms with van der Waals surface area (Å²) in [6.07, 6.45) is 0. The third-order valence-corrected chi connectivity index (χ3v) is 12.4. The van der Waals surface area contributed by atoms with Gasteiger partial charge >= 0.3 is 0 Å². The molecule has 13 aromatic rings. The first-order valence-corrected chi connectivity index (χ1v) is 20.4. The Morgan fingerprint density at radius 3 is 1.55 bits per heavy atom. The molecule has 4 heteroatoms. The van der Waals surface area contributed by atoms with Crippen LogP contribution in [0.2, 0.25) is 0 Å². The Labute approximate surface area is 344 Å². The van der Waals surface area contributed by atoms with Gasteiger partial charge in [-0.2, -0.15) is 0 Å². The smallest absolute Gasteiger partial charge is 0.235 e. The molecule has 3 heterocycles. The van der Waals surface area contributed by atoms with Gasteiger partial charge in [-0.3, -0.25) is 4.57 Å². The van der Waals surface area contributed by atoms with E-state index in [9.17, 15) is 0 Å². The summed E-state index contributed by atoms with van der Waals surface area (Å²) in [5.74, 6) is 0.628. The number of aromatic nitrogens is 3. The van der Waals surface area contributed by atoms with Crippen molar-refractivity contribution in [2.45, 2.75) is 0 Å². The van der Waals surface area contributed by atoms with Gasteiger partial charge in [-0.25, -0.2) is 9.97 Å². The molecule has 0 bridgehead atoms. The third kappa shape index (κ3) is 4.79. The molecule has 0 amide bonds. The van der Waals surface area contributed by atoms with E-state index in [0.717, 1.165) is 77.0 Å². The molecule has 0 aliphatic rings. The number of fused-ring (bicyclic) bond motifs is 13. The molecule has 0 saturated heterocycles. The fraction of sp³-hybridized carbons (Fsp3) is 0. The molecule has 0 atom stereocenters. The van der Waals surface area contributed by atoms with Gasteiger partial charge in [-0.1, -0.05) is 164 Å². The quantitative estimate of drug-likeness (QED) is 0.179. The average Bonchev–Trinajstić information content (AvgIpc) is 3.87. The maximum atomic E-state index is 6.26. The topological polar surface area (TPSA) is 43.9 Å². The molecule has 0 radical (unpaired) electrons. The van der Waals surface area contributed by atoms with Crippen molar-refractivity contribution in [3.8, 4) is 39.5 Å². The van der Waals surface area contributed by atoms with Crippen molar-refractivity contribution >= 4 is 87.0 Å². The van der Waals surface area contributed by atoms with Crippen molar-refractivity contribution in [2.24, 2.45) is 0 Å². The van der Waals surface area contributed by atoms with E-state index in [1.807, 2.05) is 12.1 Å². The largest absolute Gasteiger partial charge is 0.456 e. The van der Waals surface area contributed by atoms with E-state index in [-0.39, 0.29) is 0 Å². The van der Waals surface area contributed by atoms with Crippen LogP contribution in [0.25, 0.3) is 126 Å². The Kier molecular flexibility index (Phi) is 6.98. The van der Waals surface area contributed by atoms with Gasteiger partial charge in [0.15, 0.2) is 0 Å². The molecule has 10 aromatic carbocycles. The maximum Gasteiger partial charge on any atom is 0.235 e. The van der Waals surface area contributed by atoms with Crippen molar-refractivity contribution in [1.29, 1.82) is 0 Å². The molecule has 0 aliphatic heterocycles. The molecular formula is C56H33N3O. The molecule has 0 spiro atoms. The van der Waals surface area contributed by atoms with Crippen molar-refractivity contribution < 1.29 is 4.42 Å². The minimum absolute atomic E-state index is 0.628. The highest BCUT2D eigenvalue weighted by Gasteiger charge is 2.24. The summed E-state index contributed by atoms with van der Waals surface area (Å²) < 4.78 is 8.58. The van der Waals surface area contributed by atoms with E-state index in [1.165, 1.54) is 43.4 Å². The van der Waals surface area contributed by atoms with Crippen molar-refractivity contribution in [3.63, 3.8) is 0 Å². The van der Waals surface area contributed by atoms with Gasteiger partial charge in [-0.05, 0) is 91.0 Å². The standard InChI is InChI=1S/C56H33N3O/c1-3-15-34(16-4-1)45-32-48-53(41-21-9-7-19-39(41)45)54-42-22-10-8-20-40(42)46(35-17-5-2-6-18-35)33-49(54)59(48)56-57-47-25-13-11-23-43(47)55(58-56)37-27-29-38-36(31-37)28-30-51-52(38)44-24-12-14-26-50(44)60-51/h1-33H. The summed E-state index contributed by atoms with van der Waals surface area (Å²) >= 11 is 0. The van der Waals surface area contributed by atoms with Crippen LogP contribution in [0.15, 0.2) is 205 Å². The van der Waals surface area contributed by atoms with Crippen LogP contribution in [-0.4, -0.2) is 14.5 Å². The lowest BCUT2D eigenvalue weighted by Crippen LogP contribution is -2.04. The van der Waals surface area contributed by atoms with Crippen LogP contribution in [0.3, 0.4) is 0 Å². The van der Waals surface area contributed by atoms with Gasteiger partial charge in [0.2, 0.25) is 5.95 Å². The first-order chi connectivity index (χ1) is 29.8. The first-order valence-electron chi connectivity index (χ1n) is 20.4. The van der Waals surface area contributed by atoms with Crippen LogP contribution in [0.4, 0.5) is 0 Å². The number of benzene rings is 10. The van der Waals surface area contributed by atoms with Crippen LogP contribution in [-0.2, 0) is 0 Å². The van der Waals surface area contributed by atoms with Crippen LogP contribution < -0.4 is 0 Å². The Balaban J connectivity index is 1.16. The second-order valence-electron chi connectivity index (χ2n) is 15.7. The van der Waals surface area contributed by atoms with Gasteiger partial charge < -0.3 is 4.42 Å². The second-order valence-corrected chi connectivity index (χ2v) is 15.7. The number of nitrogens with zero attached hydrogens (tertiary/aromatic N) is 3. The Morgan fingerprint density at radius 2 is 0.900 bits per heavy atom. The van der Waals surface area contributed by atoms with Gasteiger partial charge in [0.05, 0.1) is 22.2 Å². The second kappa shape index (κ2) is 12.7. The van der Waals surface area contributed by atoms with E-state index >= 15 is 0 Å². The lowest BCUT2D eigenvalue weighted by atomic mass is 9.92. The number of hydrogen-bond donors (Lipinski definition) is 0. The van der Waals surface area contributed by atoms with E-state index in [1.54, 1.807) is 0 Å². The van der Waals surface area contributed by atoms with E-state index in [0.29, 0.717) is 5.95 Å². The number of furan rings is 1. The first kappa shape index (κ1) is 32.9. The van der Waals surface area contributed by atoms with E-state index in [2.05, 4.69) is 193 Å². The predicted molar refractivity (Wildman–Crippen MR) is 250 cm³/mol. The molecule has 0 saturated carbocycles. The molecule has 0 fully saturated rings. The molecular weight excluding hydrogens is 731 g/mol. The molecule has 60 heavy (non-hydrogen) atoms. The summed E-state index contributed by atoms with van der Waals surface area (Å²) in [6.45, 7) is 0. The highest BCUT2D eigenvalue weighted by atomic mass is 16.3. The molecule has 4 nitrogen and oxygen atoms in total. The zero-order chi connectivity index (χ0) is 39.3. The number of para-hydroxylation sites is 2. The minimum Gasteiger partial charge on any atom is -0.456 e. The third-order valence-electron chi connectivity index (χ3n) is 12.4. The molecule has 13 rings (SSSR count). The lowest BCUT2D eigenvalue weighted by Gasteiger charge is -2.14. The van der Waals surface area contributed by atoms with Crippen LogP contribution >= 0.6 is 0 Å². The number of rotatable bonds is 4. The fourth-order valence-corrected chi connectivity index (χ4v) is 9.74. The van der Waals surface area contributed by atoms with Gasteiger partial charge in [-0.15, -0.1) is 0 Å². The monoisotopic (exact) mass is 763 g/mol. The zero-order valence-corrected chi connectivity index (χ0v) is 32.3. The summed E-state index contributed by atoms with van der Waals surface area (Å²) in [4.78, 5) is 11.1. The molecule has 3 aromatic heterocycles. The average molecular weight is 764 g/mol. The highest BCUT2D eigenvalue weighted by molar-refractivity contribution is 6.31. The molecule has 0 unspecified atom stereocenters. The van der Waals surface area contributed by atoms with Gasteiger partial charge in [0.25, 0.3) is 0 Å². The normalized spacial score (nSPS) is 12.0. The Bertz CT molecular complexity index is 3740. The summed E-state index contributed by atoms with van der Waals surface area (Å²) in [6, 6.07) is 71.4. The molecule has 0 aliphatic carbocycles. The summed E-state index contributed by atoms with van der Waals surface area (Å²) in [5, 5.41) is 12.7.